The van der Waals surface area contributed by atoms with Gasteiger partial charge in [-0.3, -0.25) is 9.98 Å². The molecule has 0 aliphatic rings. The fourth-order valence-electron chi connectivity index (χ4n) is 2.43. The van der Waals surface area contributed by atoms with Gasteiger partial charge in [-0.25, -0.2) is 15.0 Å². The van der Waals surface area contributed by atoms with Crippen molar-refractivity contribution in [3.8, 4) is 11.4 Å². The first-order chi connectivity index (χ1) is 12.9. The molecular formula is C23H33N5. The zero-order chi connectivity index (χ0) is 21.1. The van der Waals surface area contributed by atoms with Crippen LogP contribution in [0.5, 0.6) is 0 Å². The molecule has 1 aromatic carbocycles. The van der Waals surface area contributed by atoms with Gasteiger partial charge in [0.1, 0.15) is 11.6 Å². The predicted molar refractivity (Wildman–Crippen MR) is 119 cm³/mol. The van der Waals surface area contributed by atoms with Gasteiger partial charge in [-0.2, -0.15) is 0 Å². The van der Waals surface area contributed by atoms with E-state index in [0.717, 1.165) is 40.6 Å². The molecule has 0 saturated carbocycles. The third kappa shape index (κ3) is 5.54. The number of nitrogens with zero attached hydrogens (tertiary/aromatic N) is 5. The van der Waals surface area contributed by atoms with Crippen LogP contribution in [0, 0.1) is 6.92 Å². The first-order valence-electron chi connectivity index (χ1n) is 9.74. The maximum atomic E-state index is 4.79. The lowest BCUT2D eigenvalue weighted by Gasteiger charge is -2.22. The summed E-state index contributed by atoms with van der Waals surface area (Å²) >= 11 is 0. The van der Waals surface area contributed by atoms with E-state index in [-0.39, 0.29) is 10.8 Å². The van der Waals surface area contributed by atoms with E-state index in [1.807, 2.05) is 13.1 Å². The Morgan fingerprint density at radius 1 is 0.964 bits per heavy atom. The third-order valence-electron chi connectivity index (χ3n) is 4.44. The number of benzene rings is 1. The van der Waals surface area contributed by atoms with Crippen LogP contribution in [0.1, 0.15) is 72.1 Å². The molecule has 0 amide bonds. The molecule has 0 unspecified atom stereocenters. The van der Waals surface area contributed by atoms with E-state index in [4.69, 9.17) is 15.0 Å². The molecule has 2 rings (SSSR count). The molecule has 5 nitrogen and oxygen atoms in total. The Bertz CT molecular complexity index is 864. The number of aromatic nitrogens is 3. The summed E-state index contributed by atoms with van der Waals surface area (Å²) in [5, 5.41) is 0. The number of aryl methyl sites for hydroxylation is 1. The van der Waals surface area contributed by atoms with Gasteiger partial charge >= 0.3 is 0 Å². The Labute approximate surface area is 169 Å². The first-order valence-corrected chi connectivity index (χ1v) is 9.74. The van der Waals surface area contributed by atoms with E-state index in [1.165, 1.54) is 0 Å². The average molecular weight is 380 g/mol. The number of aliphatic imine (C=N–C) groups is 2. The highest BCUT2D eigenvalue weighted by molar-refractivity contribution is 5.94. The smallest absolute Gasteiger partial charge is 0.163 e. The van der Waals surface area contributed by atoms with Crippen molar-refractivity contribution in [3.05, 3.63) is 35.4 Å². The molecule has 28 heavy (non-hydrogen) atoms. The Balaban J connectivity index is 2.54. The molecule has 150 valence electrons. The average Bonchev–Trinajstić information content (AvgIpc) is 2.61. The molecule has 0 spiro atoms. The van der Waals surface area contributed by atoms with Crippen molar-refractivity contribution in [2.45, 2.75) is 72.6 Å². The highest BCUT2D eigenvalue weighted by Crippen LogP contribution is 2.29. The van der Waals surface area contributed by atoms with Crippen LogP contribution in [0.4, 0.5) is 5.69 Å². The maximum Gasteiger partial charge on any atom is 0.163 e. The Hall–Kier alpha value is -2.43. The van der Waals surface area contributed by atoms with Crippen LogP contribution < -0.4 is 0 Å². The van der Waals surface area contributed by atoms with E-state index in [0.29, 0.717) is 5.82 Å². The Morgan fingerprint density at radius 3 is 2.04 bits per heavy atom. The minimum atomic E-state index is -0.152. The summed E-state index contributed by atoms with van der Waals surface area (Å²) < 4.78 is 0. The van der Waals surface area contributed by atoms with Crippen molar-refractivity contribution < 1.29 is 0 Å². The zero-order valence-corrected chi connectivity index (χ0v) is 18.8. The van der Waals surface area contributed by atoms with Crippen LogP contribution in [0.15, 0.2) is 28.2 Å². The van der Waals surface area contributed by atoms with Gasteiger partial charge in [0, 0.05) is 41.8 Å². The minimum absolute atomic E-state index is 0.152. The van der Waals surface area contributed by atoms with Gasteiger partial charge in [-0.1, -0.05) is 53.7 Å². The first kappa shape index (κ1) is 21.9. The molecule has 0 aliphatic carbocycles. The van der Waals surface area contributed by atoms with Crippen LogP contribution in [0.25, 0.3) is 11.4 Å². The molecule has 0 aliphatic heterocycles. The summed E-state index contributed by atoms with van der Waals surface area (Å²) in [5.41, 5.74) is 3.75. The second-order valence-corrected chi connectivity index (χ2v) is 9.28. The number of hydrogen-bond donors (Lipinski definition) is 0. The molecule has 1 aromatic heterocycles. The largest absolute Gasteiger partial charge is 0.297 e. The van der Waals surface area contributed by atoms with Crippen molar-refractivity contribution >= 4 is 17.6 Å². The van der Waals surface area contributed by atoms with Crippen molar-refractivity contribution in [2.75, 3.05) is 7.05 Å². The van der Waals surface area contributed by atoms with Gasteiger partial charge < -0.3 is 0 Å². The van der Waals surface area contributed by atoms with E-state index in [2.05, 4.69) is 76.7 Å². The van der Waals surface area contributed by atoms with Crippen molar-refractivity contribution in [3.63, 3.8) is 0 Å². The van der Waals surface area contributed by atoms with E-state index < -0.39 is 0 Å². The van der Waals surface area contributed by atoms with Gasteiger partial charge in [0.05, 0.1) is 5.69 Å². The van der Waals surface area contributed by atoms with Gasteiger partial charge in [-0.05, 0) is 25.5 Å². The van der Waals surface area contributed by atoms with Gasteiger partial charge in [-0.15, -0.1) is 0 Å². The normalized spacial score (nSPS) is 13.4. The van der Waals surface area contributed by atoms with Crippen LogP contribution in [-0.4, -0.2) is 33.9 Å². The summed E-state index contributed by atoms with van der Waals surface area (Å²) in [7, 11) is 1.80. The minimum Gasteiger partial charge on any atom is -0.297 e. The van der Waals surface area contributed by atoms with Crippen LogP contribution in [-0.2, 0) is 10.8 Å². The summed E-state index contributed by atoms with van der Waals surface area (Å²) in [6.07, 6.45) is 2.65. The Kier molecular flexibility index (Phi) is 6.48. The SMILES string of the molecule is CN=C(C)CC=Nc1cc(-c2nc(C(C)(C)C)nc(C(C)(C)C)n2)ccc1C. The fraction of sp³-hybridized carbons (Fsp3) is 0.522. The molecule has 0 saturated heterocycles. The number of hydrogen-bond acceptors (Lipinski definition) is 5. The van der Waals surface area contributed by atoms with Gasteiger partial charge in [0.2, 0.25) is 0 Å². The topological polar surface area (TPSA) is 63.4 Å². The monoisotopic (exact) mass is 379 g/mol. The highest BCUT2D eigenvalue weighted by atomic mass is 15.1. The van der Waals surface area contributed by atoms with Crippen LogP contribution >= 0.6 is 0 Å². The molecule has 5 heteroatoms. The lowest BCUT2D eigenvalue weighted by molar-refractivity contribution is 0.497. The highest BCUT2D eigenvalue weighted by Gasteiger charge is 2.25. The van der Waals surface area contributed by atoms with Crippen molar-refractivity contribution in [2.24, 2.45) is 9.98 Å². The van der Waals surface area contributed by atoms with E-state index in [1.54, 1.807) is 7.05 Å². The van der Waals surface area contributed by atoms with Gasteiger partial charge in [0.25, 0.3) is 0 Å². The molecular weight excluding hydrogens is 346 g/mol. The third-order valence-corrected chi connectivity index (χ3v) is 4.44. The predicted octanol–water partition coefficient (Wildman–Crippen LogP) is 5.63. The molecule has 1 heterocycles. The lowest BCUT2D eigenvalue weighted by Crippen LogP contribution is -2.24. The lowest BCUT2D eigenvalue weighted by atomic mass is 9.93. The molecule has 0 radical (unpaired) electrons. The second-order valence-electron chi connectivity index (χ2n) is 9.28. The standard InChI is InChI=1S/C23H33N5/c1-15-10-11-17(14-18(15)25-13-12-16(2)24-9)19-26-20(22(3,4)5)28-21(27-19)23(6,7)8/h10-11,13-14H,12H2,1-9H3. The van der Waals surface area contributed by atoms with E-state index >= 15 is 0 Å². The number of rotatable bonds is 4. The van der Waals surface area contributed by atoms with E-state index in [9.17, 15) is 0 Å². The van der Waals surface area contributed by atoms with Crippen molar-refractivity contribution in [1.29, 1.82) is 0 Å². The van der Waals surface area contributed by atoms with Crippen molar-refractivity contribution in [1.82, 2.24) is 15.0 Å². The second kappa shape index (κ2) is 8.29. The molecule has 0 N–H and O–H groups in total. The van der Waals surface area contributed by atoms with Crippen LogP contribution in [0.2, 0.25) is 0 Å². The van der Waals surface area contributed by atoms with Gasteiger partial charge in [0.15, 0.2) is 5.82 Å². The summed E-state index contributed by atoms with van der Waals surface area (Å²) in [5.74, 6) is 2.32. The molecule has 0 bridgehead atoms. The van der Waals surface area contributed by atoms with Crippen LogP contribution in [0.3, 0.4) is 0 Å². The summed E-state index contributed by atoms with van der Waals surface area (Å²) in [6.45, 7) is 16.8. The maximum absolute atomic E-state index is 4.79. The fourth-order valence-corrected chi connectivity index (χ4v) is 2.43. The zero-order valence-electron chi connectivity index (χ0n) is 18.8. The summed E-state index contributed by atoms with van der Waals surface area (Å²) in [4.78, 5) is 23.1. The molecule has 2 aromatic rings. The Morgan fingerprint density at radius 2 is 1.54 bits per heavy atom. The summed E-state index contributed by atoms with van der Waals surface area (Å²) in [6, 6.07) is 6.18. The molecule has 0 fully saturated rings. The molecule has 0 atom stereocenters. The quantitative estimate of drug-likeness (QED) is 0.647.